The van der Waals surface area contributed by atoms with E-state index in [4.69, 9.17) is 0 Å². The highest BCUT2D eigenvalue weighted by Crippen LogP contribution is 2.17. The number of hydrogen-bond donors (Lipinski definition) is 1. The molecule has 0 unspecified atom stereocenters. The largest absolute Gasteiger partial charge is 0.372 e. The lowest BCUT2D eigenvalue weighted by atomic mass is 10.2. The van der Waals surface area contributed by atoms with Crippen molar-refractivity contribution in [3.8, 4) is 11.3 Å². The van der Waals surface area contributed by atoms with E-state index in [1.54, 1.807) is 12.4 Å². The second-order valence-corrected chi connectivity index (χ2v) is 6.48. The summed E-state index contributed by atoms with van der Waals surface area (Å²) in [4.78, 5) is 6.86. The molecule has 0 aliphatic heterocycles. The van der Waals surface area contributed by atoms with Gasteiger partial charge in [0.2, 0.25) is 0 Å². The molecule has 0 bridgehead atoms. The van der Waals surface area contributed by atoms with Crippen LogP contribution in [0.3, 0.4) is 0 Å². The Hall–Kier alpha value is -3.28. The van der Waals surface area contributed by atoms with Crippen LogP contribution in [-0.2, 0) is 0 Å². The predicted molar refractivity (Wildman–Crippen MR) is 116 cm³/mol. The molecule has 0 radical (unpaired) electrons. The van der Waals surface area contributed by atoms with Gasteiger partial charge in [-0.1, -0.05) is 56.3 Å². The molecule has 6 nitrogen and oxygen atoms in total. The van der Waals surface area contributed by atoms with Gasteiger partial charge in [-0.2, -0.15) is 10.2 Å². The minimum absolute atomic E-state index is 0.367. The minimum Gasteiger partial charge on any atom is -0.372 e. The zero-order valence-electron chi connectivity index (χ0n) is 16.4. The molecular formula is C22H26N6. The lowest BCUT2D eigenvalue weighted by Gasteiger charge is -2.23. The minimum atomic E-state index is 0.367. The van der Waals surface area contributed by atoms with E-state index >= 15 is 0 Å². The molecule has 3 aromatic rings. The fourth-order valence-electron chi connectivity index (χ4n) is 2.94. The topological polar surface area (TPSA) is 66.3 Å². The van der Waals surface area contributed by atoms with E-state index in [1.807, 2.05) is 30.3 Å². The summed E-state index contributed by atoms with van der Waals surface area (Å²) >= 11 is 0. The van der Waals surface area contributed by atoms with E-state index in [0.717, 1.165) is 42.8 Å². The summed E-state index contributed by atoms with van der Waals surface area (Å²) in [6.07, 6.45) is 5.68. The maximum Gasteiger partial charge on any atom is 0.263 e. The number of nitrogens with zero attached hydrogens (tertiary/aromatic N) is 5. The average Bonchev–Trinajstić information content (AvgIpc) is 2.75. The van der Waals surface area contributed by atoms with Gasteiger partial charge in [0.25, 0.3) is 5.95 Å². The standard InChI is InChI=1S/C22H26N6/c1-3-14-28(15-4-2)20-12-10-18(11-13-20)16-23-26-22-25-21(17-24-27-22)19-8-6-5-7-9-19/h5-13,16-17H,3-4,14-15H2,1-2H3,(H,25,26,27)/b23-16+. The monoisotopic (exact) mass is 374 g/mol. The molecular weight excluding hydrogens is 348 g/mol. The third-order valence-corrected chi connectivity index (χ3v) is 4.25. The van der Waals surface area contributed by atoms with Crippen molar-refractivity contribution in [2.45, 2.75) is 26.7 Å². The Balaban J connectivity index is 1.63. The Kier molecular flexibility index (Phi) is 7.07. The molecule has 0 fully saturated rings. The molecule has 0 aliphatic rings. The Morgan fingerprint density at radius 3 is 2.36 bits per heavy atom. The fraction of sp³-hybridized carbons (Fsp3) is 0.273. The molecule has 0 saturated heterocycles. The van der Waals surface area contributed by atoms with E-state index in [2.05, 4.69) is 68.7 Å². The number of aromatic nitrogens is 3. The van der Waals surface area contributed by atoms with Crippen LogP contribution in [0.4, 0.5) is 11.6 Å². The first kappa shape index (κ1) is 19.5. The number of nitrogens with one attached hydrogen (secondary N) is 1. The van der Waals surface area contributed by atoms with Crippen molar-refractivity contribution >= 4 is 17.9 Å². The number of anilines is 2. The lowest BCUT2D eigenvalue weighted by molar-refractivity contribution is 0.745. The molecule has 1 aromatic heterocycles. The van der Waals surface area contributed by atoms with Crippen LogP contribution in [0, 0.1) is 0 Å². The third-order valence-electron chi connectivity index (χ3n) is 4.25. The highest BCUT2D eigenvalue weighted by Gasteiger charge is 2.04. The van der Waals surface area contributed by atoms with Gasteiger partial charge < -0.3 is 4.90 Å². The second kappa shape index (κ2) is 10.2. The van der Waals surface area contributed by atoms with Crippen LogP contribution in [0.15, 0.2) is 65.9 Å². The number of benzene rings is 2. The summed E-state index contributed by atoms with van der Waals surface area (Å²) in [5, 5.41) is 12.2. The molecule has 28 heavy (non-hydrogen) atoms. The van der Waals surface area contributed by atoms with Gasteiger partial charge in [-0.05, 0) is 30.5 Å². The third kappa shape index (κ3) is 5.36. The molecule has 0 saturated carbocycles. The van der Waals surface area contributed by atoms with Gasteiger partial charge in [-0.15, -0.1) is 5.10 Å². The Morgan fingerprint density at radius 1 is 0.964 bits per heavy atom. The summed E-state index contributed by atoms with van der Waals surface area (Å²) in [5.41, 5.74) is 6.86. The maximum absolute atomic E-state index is 4.45. The van der Waals surface area contributed by atoms with E-state index in [-0.39, 0.29) is 0 Å². The van der Waals surface area contributed by atoms with Gasteiger partial charge in [0, 0.05) is 24.3 Å². The van der Waals surface area contributed by atoms with Crippen LogP contribution in [0.1, 0.15) is 32.3 Å². The molecule has 0 atom stereocenters. The molecule has 3 rings (SSSR count). The van der Waals surface area contributed by atoms with Gasteiger partial charge in [-0.3, -0.25) is 0 Å². The van der Waals surface area contributed by atoms with Crippen molar-refractivity contribution in [3.63, 3.8) is 0 Å². The summed E-state index contributed by atoms with van der Waals surface area (Å²) in [5.74, 6) is 0.367. The van der Waals surface area contributed by atoms with Crippen molar-refractivity contribution in [3.05, 3.63) is 66.4 Å². The second-order valence-electron chi connectivity index (χ2n) is 6.48. The van der Waals surface area contributed by atoms with Gasteiger partial charge >= 0.3 is 0 Å². The Morgan fingerprint density at radius 2 is 1.68 bits per heavy atom. The van der Waals surface area contributed by atoms with Crippen LogP contribution in [0.2, 0.25) is 0 Å². The van der Waals surface area contributed by atoms with Gasteiger partial charge in [0.1, 0.15) is 0 Å². The van der Waals surface area contributed by atoms with Crippen molar-refractivity contribution < 1.29 is 0 Å². The quantitative estimate of drug-likeness (QED) is 0.438. The summed E-state index contributed by atoms with van der Waals surface area (Å²) in [6, 6.07) is 18.3. The first-order valence-electron chi connectivity index (χ1n) is 9.69. The van der Waals surface area contributed by atoms with Crippen LogP contribution < -0.4 is 10.3 Å². The zero-order valence-corrected chi connectivity index (χ0v) is 16.4. The normalized spacial score (nSPS) is 10.9. The smallest absolute Gasteiger partial charge is 0.263 e. The van der Waals surface area contributed by atoms with Crippen molar-refractivity contribution in [2.24, 2.45) is 5.10 Å². The highest BCUT2D eigenvalue weighted by molar-refractivity contribution is 5.80. The molecule has 0 amide bonds. The first-order chi connectivity index (χ1) is 13.8. The van der Waals surface area contributed by atoms with E-state index < -0.39 is 0 Å². The predicted octanol–water partition coefficient (Wildman–Crippen LogP) is 4.61. The first-order valence-corrected chi connectivity index (χ1v) is 9.69. The summed E-state index contributed by atoms with van der Waals surface area (Å²) < 4.78 is 0. The summed E-state index contributed by atoms with van der Waals surface area (Å²) in [6.45, 7) is 6.56. The van der Waals surface area contributed by atoms with Crippen LogP contribution in [-0.4, -0.2) is 34.5 Å². The highest BCUT2D eigenvalue weighted by atomic mass is 15.4. The van der Waals surface area contributed by atoms with Crippen LogP contribution in [0.25, 0.3) is 11.3 Å². The average molecular weight is 374 g/mol. The van der Waals surface area contributed by atoms with Crippen molar-refractivity contribution in [1.82, 2.24) is 15.2 Å². The van der Waals surface area contributed by atoms with Gasteiger partial charge in [-0.25, -0.2) is 10.4 Å². The molecule has 6 heteroatoms. The van der Waals surface area contributed by atoms with Crippen molar-refractivity contribution in [1.29, 1.82) is 0 Å². The number of rotatable bonds is 9. The number of hydrogen-bond acceptors (Lipinski definition) is 6. The van der Waals surface area contributed by atoms with E-state index in [0.29, 0.717) is 5.95 Å². The molecule has 1 N–H and O–H groups in total. The van der Waals surface area contributed by atoms with Gasteiger partial charge in [0.15, 0.2) is 0 Å². The zero-order chi connectivity index (χ0) is 19.6. The van der Waals surface area contributed by atoms with Crippen LogP contribution >= 0.6 is 0 Å². The number of hydrazone groups is 1. The Labute approximate surface area is 166 Å². The fourth-order valence-corrected chi connectivity index (χ4v) is 2.94. The van der Waals surface area contributed by atoms with E-state index in [1.165, 1.54) is 5.69 Å². The molecule has 2 aromatic carbocycles. The Bertz CT molecular complexity index is 871. The van der Waals surface area contributed by atoms with Crippen LogP contribution in [0.5, 0.6) is 0 Å². The maximum atomic E-state index is 4.45. The van der Waals surface area contributed by atoms with Crippen molar-refractivity contribution in [2.75, 3.05) is 23.4 Å². The molecule has 1 heterocycles. The molecule has 0 aliphatic carbocycles. The SMILES string of the molecule is CCCN(CCC)c1ccc(/C=N/Nc2nncc(-c3ccccc3)n2)cc1. The lowest BCUT2D eigenvalue weighted by Crippen LogP contribution is -2.24. The summed E-state index contributed by atoms with van der Waals surface area (Å²) in [7, 11) is 0. The van der Waals surface area contributed by atoms with Gasteiger partial charge in [0.05, 0.1) is 18.1 Å². The molecule has 0 spiro atoms. The molecule has 144 valence electrons. The van der Waals surface area contributed by atoms with E-state index in [9.17, 15) is 0 Å².